The predicted molar refractivity (Wildman–Crippen MR) is 88.8 cm³/mol. The summed E-state index contributed by atoms with van der Waals surface area (Å²) < 4.78 is 13.2. The maximum absolute atomic E-state index is 13.2. The van der Waals surface area contributed by atoms with Crippen molar-refractivity contribution in [1.29, 1.82) is 0 Å². The lowest BCUT2D eigenvalue weighted by atomic mass is 9.99. The number of rotatable bonds is 1. The van der Waals surface area contributed by atoms with Crippen molar-refractivity contribution in [2.24, 2.45) is 0 Å². The highest BCUT2D eigenvalue weighted by Crippen LogP contribution is 2.47. The van der Waals surface area contributed by atoms with E-state index < -0.39 is 0 Å². The molecule has 0 amide bonds. The second-order valence-electron chi connectivity index (χ2n) is 6.35. The van der Waals surface area contributed by atoms with Gasteiger partial charge in [0.15, 0.2) is 0 Å². The summed E-state index contributed by atoms with van der Waals surface area (Å²) in [7, 11) is 0. The van der Waals surface area contributed by atoms with Crippen molar-refractivity contribution in [2.45, 2.75) is 25.0 Å². The molecule has 3 aromatic carbocycles. The summed E-state index contributed by atoms with van der Waals surface area (Å²) in [4.78, 5) is 6.17. The van der Waals surface area contributed by atoms with Crippen molar-refractivity contribution in [3.05, 3.63) is 77.6 Å². The van der Waals surface area contributed by atoms with E-state index in [0.717, 1.165) is 18.4 Å². The van der Waals surface area contributed by atoms with E-state index >= 15 is 0 Å². The number of hydrogen-bond donors (Lipinski definition) is 0. The third-order valence-corrected chi connectivity index (χ3v) is 4.94. The second kappa shape index (κ2) is 4.80. The monoisotopic (exact) mass is 305 g/mol. The smallest absolute Gasteiger partial charge is 0.123 e. The lowest BCUT2D eigenvalue weighted by Gasteiger charge is -2.31. The average Bonchev–Trinajstić information content (AvgIpc) is 2.92. The lowest BCUT2D eigenvalue weighted by Crippen LogP contribution is -2.27. The van der Waals surface area contributed by atoms with E-state index in [9.17, 15) is 4.39 Å². The number of hydroxylamine groups is 1. The SMILES string of the molecule is Fc1ccc([C@H]2C[C@@H]3Cc4ccc5ccccc5c4N2O3)cc1. The first-order valence-electron chi connectivity index (χ1n) is 8.02. The Bertz CT molecular complexity index is 890. The molecule has 2 nitrogen and oxygen atoms in total. The summed E-state index contributed by atoms with van der Waals surface area (Å²) in [5, 5.41) is 4.49. The highest BCUT2D eigenvalue weighted by molar-refractivity contribution is 5.96. The van der Waals surface area contributed by atoms with Gasteiger partial charge in [0.2, 0.25) is 0 Å². The van der Waals surface area contributed by atoms with Crippen LogP contribution in [0, 0.1) is 5.82 Å². The fourth-order valence-corrected chi connectivity index (χ4v) is 3.88. The van der Waals surface area contributed by atoms with Gasteiger partial charge >= 0.3 is 0 Å². The zero-order valence-corrected chi connectivity index (χ0v) is 12.6. The van der Waals surface area contributed by atoms with Crippen LogP contribution in [0.25, 0.3) is 10.8 Å². The largest absolute Gasteiger partial charge is 0.269 e. The fraction of sp³-hybridized carbons (Fsp3) is 0.200. The Labute approximate surface area is 134 Å². The maximum atomic E-state index is 13.2. The Morgan fingerprint density at radius 2 is 1.78 bits per heavy atom. The first-order chi connectivity index (χ1) is 11.3. The summed E-state index contributed by atoms with van der Waals surface area (Å²) in [5.41, 5.74) is 3.62. The van der Waals surface area contributed by atoms with Crippen molar-refractivity contribution in [3.63, 3.8) is 0 Å². The van der Waals surface area contributed by atoms with Crippen LogP contribution in [-0.2, 0) is 11.3 Å². The molecule has 0 unspecified atom stereocenters. The summed E-state index contributed by atoms with van der Waals surface area (Å²) >= 11 is 0. The van der Waals surface area contributed by atoms with Crippen molar-refractivity contribution < 1.29 is 9.23 Å². The molecule has 0 aromatic heterocycles. The van der Waals surface area contributed by atoms with Crippen LogP contribution in [0.15, 0.2) is 60.7 Å². The first-order valence-corrected chi connectivity index (χ1v) is 8.02. The molecule has 2 aliphatic heterocycles. The van der Waals surface area contributed by atoms with Gasteiger partial charge in [0, 0.05) is 18.2 Å². The fourth-order valence-electron chi connectivity index (χ4n) is 3.88. The van der Waals surface area contributed by atoms with Gasteiger partial charge in [-0.05, 0) is 28.6 Å². The molecule has 23 heavy (non-hydrogen) atoms. The Hall–Kier alpha value is -2.39. The van der Waals surface area contributed by atoms with Gasteiger partial charge < -0.3 is 0 Å². The first kappa shape index (κ1) is 13.1. The molecule has 2 heterocycles. The van der Waals surface area contributed by atoms with E-state index in [1.807, 2.05) is 12.1 Å². The number of anilines is 1. The molecule has 3 heteroatoms. The zero-order chi connectivity index (χ0) is 15.4. The number of fused-ring (bicyclic) bond motifs is 6. The van der Waals surface area contributed by atoms with Gasteiger partial charge in [0.25, 0.3) is 0 Å². The van der Waals surface area contributed by atoms with E-state index in [1.165, 1.54) is 34.2 Å². The summed E-state index contributed by atoms with van der Waals surface area (Å²) in [6.45, 7) is 0. The van der Waals surface area contributed by atoms with Crippen molar-refractivity contribution >= 4 is 16.5 Å². The maximum Gasteiger partial charge on any atom is 0.123 e. The molecule has 0 aliphatic carbocycles. The van der Waals surface area contributed by atoms with Crippen LogP contribution in [0.2, 0.25) is 0 Å². The molecule has 0 N–H and O–H groups in total. The Balaban J connectivity index is 1.68. The molecule has 114 valence electrons. The lowest BCUT2D eigenvalue weighted by molar-refractivity contribution is 0.0741. The number of halogens is 1. The molecular weight excluding hydrogens is 289 g/mol. The van der Waals surface area contributed by atoms with E-state index in [4.69, 9.17) is 4.84 Å². The Morgan fingerprint density at radius 1 is 0.957 bits per heavy atom. The summed E-state index contributed by atoms with van der Waals surface area (Å²) in [5.74, 6) is -0.198. The number of nitrogens with zero attached hydrogens (tertiary/aromatic N) is 1. The number of benzene rings is 3. The Morgan fingerprint density at radius 3 is 2.65 bits per heavy atom. The second-order valence-corrected chi connectivity index (χ2v) is 6.35. The molecule has 0 spiro atoms. The van der Waals surface area contributed by atoms with Crippen LogP contribution in [0.3, 0.4) is 0 Å². The van der Waals surface area contributed by atoms with E-state index in [1.54, 1.807) is 0 Å². The quantitative estimate of drug-likeness (QED) is 0.641. The van der Waals surface area contributed by atoms with Crippen LogP contribution in [0.4, 0.5) is 10.1 Å². The molecule has 3 aromatic rings. The summed E-state index contributed by atoms with van der Waals surface area (Å²) in [6, 6.07) is 19.8. The minimum Gasteiger partial charge on any atom is -0.269 e. The molecule has 2 atom stereocenters. The van der Waals surface area contributed by atoms with E-state index in [2.05, 4.69) is 41.5 Å². The van der Waals surface area contributed by atoms with Crippen molar-refractivity contribution in [2.75, 3.05) is 5.06 Å². The van der Waals surface area contributed by atoms with Gasteiger partial charge in [-0.25, -0.2) is 9.45 Å². The predicted octanol–water partition coefficient (Wildman–Crippen LogP) is 4.79. The zero-order valence-electron chi connectivity index (χ0n) is 12.6. The van der Waals surface area contributed by atoms with Gasteiger partial charge in [0.1, 0.15) is 5.82 Å². The highest BCUT2D eigenvalue weighted by Gasteiger charge is 2.40. The summed E-state index contributed by atoms with van der Waals surface area (Å²) in [6.07, 6.45) is 2.09. The van der Waals surface area contributed by atoms with Gasteiger partial charge in [-0.3, -0.25) is 4.84 Å². The van der Waals surface area contributed by atoms with Gasteiger partial charge in [-0.2, -0.15) is 0 Å². The standard InChI is InChI=1S/C20H16FNO/c21-16-9-7-14(8-10-16)19-12-17-11-15-6-5-13-3-1-2-4-18(13)20(15)22(19)23-17/h1-10,17,19H,11-12H2/t17-,19+/m0/s1. The molecule has 0 saturated carbocycles. The molecule has 2 aliphatic rings. The minimum absolute atomic E-state index is 0.146. The molecule has 1 saturated heterocycles. The highest BCUT2D eigenvalue weighted by atomic mass is 19.1. The number of hydrogen-bond acceptors (Lipinski definition) is 2. The van der Waals surface area contributed by atoms with E-state index in [0.29, 0.717) is 0 Å². The van der Waals surface area contributed by atoms with Crippen LogP contribution in [0.1, 0.15) is 23.6 Å². The molecule has 1 fully saturated rings. The van der Waals surface area contributed by atoms with Crippen LogP contribution in [0.5, 0.6) is 0 Å². The van der Waals surface area contributed by atoms with Crippen LogP contribution >= 0.6 is 0 Å². The molecule has 2 bridgehead atoms. The average molecular weight is 305 g/mol. The molecule has 5 rings (SSSR count). The minimum atomic E-state index is -0.198. The van der Waals surface area contributed by atoms with Crippen molar-refractivity contribution in [1.82, 2.24) is 0 Å². The van der Waals surface area contributed by atoms with Crippen LogP contribution in [-0.4, -0.2) is 6.10 Å². The van der Waals surface area contributed by atoms with Gasteiger partial charge in [0.05, 0.1) is 17.8 Å². The Kier molecular flexibility index (Phi) is 2.73. The van der Waals surface area contributed by atoms with Gasteiger partial charge in [-0.15, -0.1) is 0 Å². The van der Waals surface area contributed by atoms with E-state index in [-0.39, 0.29) is 18.0 Å². The molecular formula is C20H16FNO. The van der Waals surface area contributed by atoms with Gasteiger partial charge in [-0.1, -0.05) is 48.5 Å². The van der Waals surface area contributed by atoms with Crippen molar-refractivity contribution in [3.8, 4) is 0 Å². The molecule has 0 radical (unpaired) electrons. The normalized spacial score (nSPS) is 22.4. The third-order valence-electron chi connectivity index (χ3n) is 4.94. The topological polar surface area (TPSA) is 12.5 Å². The van der Waals surface area contributed by atoms with Crippen LogP contribution < -0.4 is 5.06 Å². The third kappa shape index (κ3) is 1.97.